The Bertz CT molecular complexity index is 1150. The van der Waals surface area contributed by atoms with E-state index in [0.29, 0.717) is 24.8 Å². The summed E-state index contributed by atoms with van der Waals surface area (Å²) in [6, 6.07) is 0. The van der Waals surface area contributed by atoms with Crippen LogP contribution in [0.3, 0.4) is 0 Å². The molecule has 0 saturated heterocycles. The number of rotatable bonds is 3. The number of anilines is 3. The lowest BCUT2D eigenvalue weighted by Gasteiger charge is -2.25. The molecule has 1 fully saturated rings. The predicted molar refractivity (Wildman–Crippen MR) is 104 cm³/mol. The van der Waals surface area contributed by atoms with E-state index in [2.05, 4.69) is 20.5 Å². The van der Waals surface area contributed by atoms with Gasteiger partial charge < -0.3 is 16.8 Å². The minimum atomic E-state index is -4.76. The van der Waals surface area contributed by atoms with Crippen LogP contribution in [0, 0.1) is 0 Å². The van der Waals surface area contributed by atoms with Crippen molar-refractivity contribution in [3.8, 4) is 0 Å². The van der Waals surface area contributed by atoms with E-state index in [1.165, 1.54) is 11.6 Å². The molecule has 13 heteroatoms. The molecule has 3 aromatic heterocycles. The summed E-state index contributed by atoms with van der Waals surface area (Å²) in [5.74, 6) is -1.22. The Labute approximate surface area is 173 Å². The van der Waals surface area contributed by atoms with Crippen LogP contribution < -0.4 is 16.8 Å². The van der Waals surface area contributed by atoms with Crippen LogP contribution in [-0.4, -0.2) is 36.5 Å². The zero-order chi connectivity index (χ0) is 22.5. The maximum absolute atomic E-state index is 13.8. The maximum atomic E-state index is 13.8. The molecular weight excluding hydrogens is 420 g/mol. The van der Waals surface area contributed by atoms with Gasteiger partial charge in [-0.3, -0.25) is 9.48 Å². The fourth-order valence-corrected chi connectivity index (χ4v) is 3.94. The molecule has 3 heterocycles. The highest BCUT2D eigenvalue weighted by Crippen LogP contribution is 2.37. The molecule has 31 heavy (non-hydrogen) atoms. The van der Waals surface area contributed by atoms with Crippen molar-refractivity contribution >= 4 is 28.9 Å². The van der Waals surface area contributed by atoms with Gasteiger partial charge in [-0.05, 0) is 31.6 Å². The van der Waals surface area contributed by atoms with Crippen molar-refractivity contribution in [2.24, 2.45) is 7.05 Å². The lowest BCUT2D eigenvalue weighted by atomic mass is 9.84. The van der Waals surface area contributed by atoms with Crippen molar-refractivity contribution in [2.45, 2.75) is 43.9 Å². The summed E-state index contributed by atoms with van der Waals surface area (Å²) < 4.78 is 55.5. The van der Waals surface area contributed by atoms with Gasteiger partial charge in [0, 0.05) is 25.0 Å². The Morgan fingerprint density at radius 1 is 1.19 bits per heavy atom. The number of nitrogen functional groups attached to an aromatic ring is 2. The van der Waals surface area contributed by atoms with Crippen LogP contribution in [0.2, 0.25) is 0 Å². The summed E-state index contributed by atoms with van der Waals surface area (Å²) >= 11 is 0. The van der Waals surface area contributed by atoms with Gasteiger partial charge in [0.05, 0.1) is 5.69 Å². The fraction of sp³-hybridized carbons (Fsp3) is 0.444. The van der Waals surface area contributed by atoms with Crippen molar-refractivity contribution < 1.29 is 22.4 Å². The van der Waals surface area contributed by atoms with Crippen LogP contribution in [0.1, 0.15) is 53.2 Å². The number of carbonyl (C=O) groups excluding carboxylic acids is 1. The number of aryl methyl sites for hydroxylation is 1. The van der Waals surface area contributed by atoms with Gasteiger partial charge in [-0.2, -0.15) is 18.3 Å². The highest BCUT2D eigenvalue weighted by molar-refractivity contribution is 6.11. The van der Waals surface area contributed by atoms with Crippen molar-refractivity contribution in [1.82, 2.24) is 24.4 Å². The lowest BCUT2D eigenvalue weighted by molar-refractivity contribution is -0.140. The third-order valence-corrected chi connectivity index (χ3v) is 5.32. The van der Waals surface area contributed by atoms with Crippen LogP contribution in [0.15, 0.2) is 12.4 Å². The normalized spacial score (nSPS) is 19.6. The molecule has 0 radical (unpaired) electrons. The van der Waals surface area contributed by atoms with Crippen molar-refractivity contribution in [2.75, 3.05) is 16.8 Å². The van der Waals surface area contributed by atoms with Gasteiger partial charge in [0.25, 0.3) is 5.91 Å². The highest BCUT2D eigenvalue weighted by atomic mass is 19.4. The number of carbonyl (C=O) groups is 1. The summed E-state index contributed by atoms with van der Waals surface area (Å²) in [5.41, 5.74) is 10.5. The number of nitrogens with two attached hydrogens (primary N) is 2. The Kier molecular flexibility index (Phi) is 4.98. The van der Waals surface area contributed by atoms with E-state index in [-0.39, 0.29) is 28.8 Å². The van der Waals surface area contributed by atoms with Gasteiger partial charge in [-0.15, -0.1) is 5.10 Å². The van der Waals surface area contributed by atoms with E-state index >= 15 is 0 Å². The Morgan fingerprint density at radius 3 is 2.61 bits per heavy atom. The minimum Gasteiger partial charge on any atom is -0.383 e. The summed E-state index contributed by atoms with van der Waals surface area (Å²) in [4.78, 5) is 17.0. The molecule has 0 aliphatic heterocycles. The van der Waals surface area contributed by atoms with Crippen molar-refractivity contribution in [3.05, 3.63) is 29.2 Å². The Morgan fingerprint density at radius 2 is 1.94 bits per heavy atom. The molecule has 0 bridgehead atoms. The standard InChI is InChI=1S/C18H20F4N8O/c1-29-7-11(13(27-29)18(20,21)22)25-17(31)12-15(24)28-30-6-10(14(23)26-16(12)30)8-3-2-4-9(19)5-8/h6-9H,2-5H2,1H3,(H2,23,26)(H2,24,28)(H,25,31). The highest BCUT2D eigenvalue weighted by Gasteiger charge is 2.38. The van der Waals surface area contributed by atoms with E-state index < -0.39 is 29.6 Å². The maximum Gasteiger partial charge on any atom is 0.437 e. The SMILES string of the molecule is Cn1cc(NC(=O)c2c(N)nn3cc(C4CCCC(F)C4)c(N)nc23)c(C(F)(F)F)n1. The van der Waals surface area contributed by atoms with Crippen molar-refractivity contribution in [3.63, 3.8) is 0 Å². The van der Waals surface area contributed by atoms with Crippen LogP contribution in [-0.2, 0) is 13.2 Å². The molecule has 1 saturated carbocycles. The Hall–Kier alpha value is -3.38. The molecule has 2 unspecified atom stereocenters. The van der Waals surface area contributed by atoms with Crippen LogP contribution in [0.25, 0.3) is 5.65 Å². The van der Waals surface area contributed by atoms with Gasteiger partial charge in [0.15, 0.2) is 17.2 Å². The number of fused-ring (bicyclic) bond motifs is 1. The summed E-state index contributed by atoms with van der Waals surface area (Å²) in [7, 11) is 1.30. The second-order valence-electron chi connectivity index (χ2n) is 7.59. The molecule has 3 aromatic rings. The minimum absolute atomic E-state index is 0.0127. The van der Waals surface area contributed by atoms with Crippen LogP contribution in [0.4, 0.5) is 34.9 Å². The predicted octanol–water partition coefficient (Wildman–Crippen LogP) is 2.89. The molecule has 1 amide bonds. The third-order valence-electron chi connectivity index (χ3n) is 5.32. The topological polar surface area (TPSA) is 129 Å². The van der Waals surface area contributed by atoms with Gasteiger partial charge in [0.2, 0.25) is 0 Å². The third kappa shape index (κ3) is 3.86. The molecular formula is C18H20F4N8O. The molecule has 5 N–H and O–H groups in total. The molecule has 2 atom stereocenters. The molecule has 9 nitrogen and oxygen atoms in total. The number of alkyl halides is 4. The van der Waals surface area contributed by atoms with E-state index in [1.807, 2.05) is 0 Å². The van der Waals surface area contributed by atoms with Crippen LogP contribution >= 0.6 is 0 Å². The second-order valence-corrected chi connectivity index (χ2v) is 7.59. The number of hydrogen-bond donors (Lipinski definition) is 3. The van der Waals surface area contributed by atoms with Gasteiger partial charge in [-0.1, -0.05) is 0 Å². The van der Waals surface area contributed by atoms with E-state index in [9.17, 15) is 22.4 Å². The first-order chi connectivity index (χ1) is 14.5. The first kappa shape index (κ1) is 20.9. The summed E-state index contributed by atoms with van der Waals surface area (Å²) in [6.07, 6.45) is -0.865. The average Bonchev–Trinajstić information content (AvgIpc) is 3.19. The number of nitrogens with zero attached hydrogens (tertiary/aromatic N) is 5. The quantitative estimate of drug-likeness (QED) is 0.537. The largest absolute Gasteiger partial charge is 0.437 e. The molecule has 1 aliphatic rings. The zero-order valence-corrected chi connectivity index (χ0v) is 16.4. The van der Waals surface area contributed by atoms with Gasteiger partial charge >= 0.3 is 6.18 Å². The molecule has 0 aromatic carbocycles. The smallest absolute Gasteiger partial charge is 0.383 e. The second kappa shape index (κ2) is 7.39. The summed E-state index contributed by atoms with van der Waals surface area (Å²) in [5, 5.41) is 9.56. The average molecular weight is 440 g/mol. The monoisotopic (exact) mass is 440 g/mol. The number of amides is 1. The summed E-state index contributed by atoms with van der Waals surface area (Å²) in [6.45, 7) is 0. The molecule has 4 rings (SSSR count). The van der Waals surface area contributed by atoms with Gasteiger partial charge in [-0.25, -0.2) is 13.9 Å². The molecule has 0 spiro atoms. The van der Waals surface area contributed by atoms with Crippen LogP contribution in [0.5, 0.6) is 0 Å². The zero-order valence-electron chi connectivity index (χ0n) is 16.4. The van der Waals surface area contributed by atoms with E-state index in [1.54, 1.807) is 6.20 Å². The number of hydrogen-bond acceptors (Lipinski definition) is 6. The molecule has 166 valence electrons. The van der Waals surface area contributed by atoms with E-state index in [0.717, 1.165) is 17.3 Å². The number of aromatic nitrogens is 5. The number of nitrogens with one attached hydrogen (secondary N) is 1. The van der Waals surface area contributed by atoms with E-state index in [4.69, 9.17) is 11.5 Å². The first-order valence-corrected chi connectivity index (χ1v) is 9.55. The Balaban J connectivity index is 1.70. The fourth-order valence-electron chi connectivity index (χ4n) is 3.94. The molecule has 1 aliphatic carbocycles. The first-order valence-electron chi connectivity index (χ1n) is 9.55. The van der Waals surface area contributed by atoms with Crippen molar-refractivity contribution in [1.29, 1.82) is 0 Å². The van der Waals surface area contributed by atoms with Gasteiger partial charge in [0.1, 0.15) is 17.6 Å². The lowest BCUT2D eigenvalue weighted by Crippen LogP contribution is -2.18. The number of halogens is 4.